The molecule has 1 heterocycles. The number of carbonyl (C=O) groups excluding carboxylic acids is 1. The minimum Gasteiger partial charge on any atom is -0.332 e. The Labute approximate surface area is 132 Å². The van der Waals surface area contributed by atoms with Crippen molar-refractivity contribution in [1.82, 2.24) is 4.98 Å². The van der Waals surface area contributed by atoms with Crippen LogP contribution in [0, 0.1) is 0 Å². The zero-order valence-electron chi connectivity index (χ0n) is 11.8. The van der Waals surface area contributed by atoms with Crippen LogP contribution >= 0.6 is 11.3 Å². The Balaban J connectivity index is 1.76. The molecular formula is C17H15N3OS. The van der Waals surface area contributed by atoms with Gasteiger partial charge in [-0.25, -0.2) is 4.98 Å². The van der Waals surface area contributed by atoms with Crippen molar-refractivity contribution in [3.05, 3.63) is 76.8 Å². The average Bonchev–Trinajstić information content (AvgIpc) is 3.04. The highest BCUT2D eigenvalue weighted by Gasteiger charge is 2.13. The molecule has 0 aliphatic rings. The predicted octanol–water partition coefficient (Wildman–Crippen LogP) is 3.58. The van der Waals surface area contributed by atoms with Gasteiger partial charge in [0.25, 0.3) is 0 Å². The quantitative estimate of drug-likeness (QED) is 0.707. The summed E-state index contributed by atoms with van der Waals surface area (Å²) in [7, 11) is 0. The molecule has 0 saturated heterocycles. The van der Waals surface area contributed by atoms with Crippen molar-refractivity contribution in [2.24, 2.45) is 5.73 Å². The van der Waals surface area contributed by atoms with Crippen LogP contribution in [0.3, 0.4) is 0 Å². The summed E-state index contributed by atoms with van der Waals surface area (Å²) in [5, 5.41) is 3.89. The van der Waals surface area contributed by atoms with Gasteiger partial charge in [-0.1, -0.05) is 53.8 Å². The highest BCUT2D eigenvalue weighted by Crippen LogP contribution is 2.24. The molecule has 0 spiro atoms. The van der Waals surface area contributed by atoms with Crippen LogP contribution in [-0.4, -0.2) is 10.8 Å². The third-order valence-electron chi connectivity index (χ3n) is 3.21. The Morgan fingerprint density at radius 1 is 1.09 bits per heavy atom. The van der Waals surface area contributed by atoms with Crippen molar-refractivity contribution in [3.63, 3.8) is 0 Å². The van der Waals surface area contributed by atoms with Gasteiger partial charge >= 0.3 is 0 Å². The first-order valence-corrected chi connectivity index (χ1v) is 7.69. The normalized spacial score (nSPS) is 10.4. The third kappa shape index (κ3) is 3.21. The molecule has 0 unspecified atom stereocenters. The van der Waals surface area contributed by atoms with Gasteiger partial charge < -0.3 is 11.1 Å². The molecule has 3 rings (SSSR count). The largest absolute Gasteiger partial charge is 0.332 e. The number of rotatable bonds is 5. The van der Waals surface area contributed by atoms with Gasteiger partial charge in [-0.15, -0.1) is 0 Å². The number of anilines is 2. The monoisotopic (exact) mass is 309 g/mol. The fraction of sp³-hybridized carbons (Fsp3) is 0.0588. The molecule has 22 heavy (non-hydrogen) atoms. The number of nitrogens with two attached hydrogens (primary N) is 1. The van der Waals surface area contributed by atoms with Crippen molar-refractivity contribution in [2.45, 2.75) is 6.54 Å². The molecule has 5 heteroatoms. The highest BCUT2D eigenvalue weighted by molar-refractivity contribution is 7.17. The molecule has 110 valence electrons. The molecule has 0 amide bonds. The Morgan fingerprint density at radius 2 is 1.82 bits per heavy atom. The molecule has 0 aliphatic carbocycles. The maximum absolute atomic E-state index is 12.4. The summed E-state index contributed by atoms with van der Waals surface area (Å²) >= 11 is 1.34. The van der Waals surface area contributed by atoms with E-state index in [2.05, 4.69) is 10.3 Å². The summed E-state index contributed by atoms with van der Waals surface area (Å²) in [6.45, 7) is 0.472. The van der Waals surface area contributed by atoms with E-state index in [0.29, 0.717) is 22.1 Å². The maximum Gasteiger partial charge on any atom is 0.204 e. The fourth-order valence-electron chi connectivity index (χ4n) is 2.02. The maximum atomic E-state index is 12.4. The summed E-state index contributed by atoms with van der Waals surface area (Å²) in [5.74, 6) is -0.0258. The first-order valence-electron chi connectivity index (χ1n) is 6.88. The van der Waals surface area contributed by atoms with Gasteiger partial charge in [0, 0.05) is 17.8 Å². The number of hydrogen-bond donors (Lipinski definition) is 2. The summed E-state index contributed by atoms with van der Waals surface area (Å²) < 4.78 is 0. The van der Waals surface area contributed by atoms with Crippen molar-refractivity contribution in [3.8, 4) is 0 Å². The lowest BCUT2D eigenvalue weighted by Crippen LogP contribution is -2.00. The number of hydrogen-bond acceptors (Lipinski definition) is 5. The van der Waals surface area contributed by atoms with E-state index in [1.807, 2.05) is 42.5 Å². The number of nitrogens with one attached hydrogen (secondary N) is 1. The Bertz CT molecular complexity index is 766. The molecule has 0 bridgehead atoms. The van der Waals surface area contributed by atoms with Crippen LogP contribution in [-0.2, 0) is 6.54 Å². The number of thiazole rings is 1. The third-order valence-corrected chi connectivity index (χ3v) is 4.12. The van der Waals surface area contributed by atoms with E-state index >= 15 is 0 Å². The zero-order valence-corrected chi connectivity index (χ0v) is 12.6. The average molecular weight is 309 g/mol. The first-order chi connectivity index (χ1) is 10.8. The van der Waals surface area contributed by atoms with E-state index in [0.717, 1.165) is 11.3 Å². The summed E-state index contributed by atoms with van der Waals surface area (Å²) in [5.41, 5.74) is 8.16. The zero-order chi connectivity index (χ0) is 15.4. The molecule has 4 nitrogen and oxygen atoms in total. The topological polar surface area (TPSA) is 68.0 Å². The minimum atomic E-state index is -0.0258. The first kappa shape index (κ1) is 14.4. The highest BCUT2D eigenvalue weighted by atomic mass is 32.1. The number of nitrogens with zero attached hydrogens (tertiary/aromatic N) is 1. The van der Waals surface area contributed by atoms with Crippen molar-refractivity contribution in [1.29, 1.82) is 0 Å². The molecule has 0 radical (unpaired) electrons. The van der Waals surface area contributed by atoms with Crippen LogP contribution in [0.5, 0.6) is 0 Å². The Morgan fingerprint density at radius 3 is 2.50 bits per heavy atom. The molecule has 0 atom stereocenters. The number of carbonyl (C=O) groups is 1. The lowest BCUT2D eigenvalue weighted by molar-refractivity contribution is 0.104. The van der Waals surface area contributed by atoms with Crippen molar-refractivity contribution >= 4 is 27.9 Å². The molecule has 1 aromatic heterocycles. The SMILES string of the molecule is NCc1ccc(C(=O)c2cnc(Nc3ccccc3)s2)cc1. The van der Waals surface area contributed by atoms with Gasteiger partial charge in [-0.2, -0.15) is 0 Å². The van der Waals surface area contributed by atoms with Crippen LogP contribution in [0.4, 0.5) is 10.8 Å². The Hall–Kier alpha value is -2.50. The fourth-order valence-corrected chi connectivity index (χ4v) is 2.81. The van der Waals surface area contributed by atoms with Crippen molar-refractivity contribution < 1.29 is 4.79 Å². The van der Waals surface area contributed by atoms with E-state index in [1.165, 1.54) is 11.3 Å². The molecule has 0 saturated carbocycles. The van der Waals surface area contributed by atoms with Crippen LogP contribution in [0.25, 0.3) is 0 Å². The van der Waals surface area contributed by atoms with E-state index < -0.39 is 0 Å². The minimum absolute atomic E-state index is 0.0258. The van der Waals surface area contributed by atoms with Gasteiger partial charge in [0.1, 0.15) is 0 Å². The van der Waals surface area contributed by atoms with Crippen LogP contribution in [0.2, 0.25) is 0 Å². The standard InChI is InChI=1S/C17H15N3OS/c18-10-12-6-8-13(9-7-12)16(21)15-11-19-17(22-15)20-14-4-2-1-3-5-14/h1-9,11H,10,18H2,(H,19,20). The van der Waals surface area contributed by atoms with Crippen molar-refractivity contribution in [2.75, 3.05) is 5.32 Å². The van der Waals surface area contributed by atoms with Gasteiger partial charge in [0.05, 0.1) is 11.1 Å². The van der Waals surface area contributed by atoms with Gasteiger partial charge in [-0.3, -0.25) is 4.79 Å². The smallest absolute Gasteiger partial charge is 0.204 e. The van der Waals surface area contributed by atoms with Gasteiger partial charge in [-0.05, 0) is 17.7 Å². The lowest BCUT2D eigenvalue weighted by Gasteiger charge is -2.01. The predicted molar refractivity (Wildman–Crippen MR) is 89.6 cm³/mol. The van der Waals surface area contributed by atoms with E-state index in [-0.39, 0.29) is 5.78 Å². The number of ketones is 1. The summed E-state index contributed by atoms with van der Waals surface area (Å²) in [6.07, 6.45) is 1.61. The molecule has 3 N–H and O–H groups in total. The second-order valence-electron chi connectivity index (χ2n) is 4.75. The molecular weight excluding hydrogens is 294 g/mol. The second kappa shape index (κ2) is 6.51. The van der Waals surface area contributed by atoms with Crippen LogP contribution in [0.1, 0.15) is 20.8 Å². The number of para-hydroxylation sites is 1. The number of benzene rings is 2. The molecule has 0 fully saturated rings. The molecule has 2 aromatic carbocycles. The van der Waals surface area contributed by atoms with E-state index in [1.54, 1.807) is 18.3 Å². The Kier molecular flexibility index (Phi) is 4.27. The van der Waals surface area contributed by atoms with Gasteiger partial charge in [0.2, 0.25) is 5.78 Å². The number of aromatic nitrogens is 1. The molecule has 0 aliphatic heterocycles. The molecule has 3 aromatic rings. The van der Waals surface area contributed by atoms with E-state index in [4.69, 9.17) is 5.73 Å². The second-order valence-corrected chi connectivity index (χ2v) is 5.78. The van der Waals surface area contributed by atoms with Gasteiger partial charge in [0.15, 0.2) is 5.13 Å². The summed E-state index contributed by atoms with van der Waals surface area (Å²) in [6, 6.07) is 17.1. The lowest BCUT2D eigenvalue weighted by atomic mass is 10.1. The van der Waals surface area contributed by atoms with E-state index in [9.17, 15) is 4.79 Å². The summed E-state index contributed by atoms with van der Waals surface area (Å²) in [4.78, 5) is 17.3. The van der Waals surface area contributed by atoms with Crippen LogP contribution < -0.4 is 11.1 Å². The van der Waals surface area contributed by atoms with Crippen LogP contribution in [0.15, 0.2) is 60.8 Å².